The Morgan fingerprint density at radius 3 is 3.00 bits per heavy atom. The zero-order chi connectivity index (χ0) is 10.3. The van der Waals surface area contributed by atoms with Gasteiger partial charge in [0.1, 0.15) is 5.82 Å². The van der Waals surface area contributed by atoms with E-state index in [0.717, 1.165) is 22.3 Å². The van der Waals surface area contributed by atoms with E-state index in [4.69, 9.17) is 5.73 Å². The van der Waals surface area contributed by atoms with Crippen molar-refractivity contribution in [2.45, 2.75) is 0 Å². The molecule has 0 aliphatic rings. The van der Waals surface area contributed by atoms with Crippen molar-refractivity contribution in [3.8, 4) is 11.4 Å². The molecule has 0 saturated carbocycles. The molecule has 0 saturated heterocycles. The van der Waals surface area contributed by atoms with E-state index >= 15 is 0 Å². The molecule has 0 unspecified atom stereocenters. The van der Waals surface area contributed by atoms with Crippen LogP contribution in [0.4, 0.5) is 5.82 Å². The summed E-state index contributed by atoms with van der Waals surface area (Å²) >= 11 is 1.57. The summed E-state index contributed by atoms with van der Waals surface area (Å²) in [6.07, 6.45) is 1.69. The molecule has 3 N–H and O–H groups in total. The van der Waals surface area contributed by atoms with Gasteiger partial charge in [-0.3, -0.25) is 0 Å². The molecule has 74 valence electrons. The molecular formula is C10H8N4S. The molecule has 0 bridgehead atoms. The lowest BCUT2D eigenvalue weighted by Gasteiger charge is -1.91. The third kappa shape index (κ3) is 1.28. The minimum absolute atomic E-state index is 0.547. The first kappa shape index (κ1) is 8.43. The standard InChI is InChI=1S/C10H8N4S/c11-10-6-3-8(9-4-15-5-13-9)14-7(6)1-2-12-10/h1-5,14H,(H2,11,12). The third-order valence-electron chi connectivity index (χ3n) is 2.29. The van der Waals surface area contributed by atoms with Crippen molar-refractivity contribution < 1.29 is 0 Å². The van der Waals surface area contributed by atoms with E-state index in [1.807, 2.05) is 23.0 Å². The highest BCUT2D eigenvalue weighted by molar-refractivity contribution is 7.07. The number of aromatic nitrogens is 3. The minimum atomic E-state index is 0.547. The number of nitrogens with two attached hydrogens (primary N) is 1. The number of nitrogens with zero attached hydrogens (tertiary/aromatic N) is 2. The first-order valence-corrected chi connectivity index (χ1v) is 5.40. The molecule has 4 nitrogen and oxygen atoms in total. The number of nitrogens with one attached hydrogen (secondary N) is 1. The highest BCUT2D eigenvalue weighted by atomic mass is 32.1. The van der Waals surface area contributed by atoms with Crippen LogP contribution >= 0.6 is 11.3 Å². The molecular weight excluding hydrogens is 208 g/mol. The van der Waals surface area contributed by atoms with Crippen molar-refractivity contribution in [2.75, 3.05) is 5.73 Å². The first-order valence-electron chi connectivity index (χ1n) is 4.46. The number of anilines is 1. The number of hydrogen-bond acceptors (Lipinski definition) is 4. The second kappa shape index (κ2) is 3.06. The Hall–Kier alpha value is -1.88. The zero-order valence-corrected chi connectivity index (χ0v) is 8.58. The Bertz CT molecular complexity index is 597. The predicted octanol–water partition coefficient (Wildman–Crippen LogP) is 2.27. The highest BCUT2D eigenvalue weighted by Crippen LogP contribution is 2.25. The molecule has 0 atom stereocenters. The van der Waals surface area contributed by atoms with Gasteiger partial charge in [-0.1, -0.05) is 0 Å². The second-order valence-electron chi connectivity index (χ2n) is 3.21. The molecule has 0 aliphatic carbocycles. The summed E-state index contributed by atoms with van der Waals surface area (Å²) < 4.78 is 0. The van der Waals surface area contributed by atoms with Gasteiger partial charge < -0.3 is 10.7 Å². The van der Waals surface area contributed by atoms with E-state index in [1.165, 1.54) is 0 Å². The van der Waals surface area contributed by atoms with Gasteiger partial charge in [0.2, 0.25) is 0 Å². The summed E-state index contributed by atoms with van der Waals surface area (Å²) in [7, 11) is 0. The SMILES string of the molecule is Nc1nccc2[nH]c(-c3cscn3)cc12. The summed E-state index contributed by atoms with van der Waals surface area (Å²) in [6.45, 7) is 0. The van der Waals surface area contributed by atoms with Crippen LogP contribution in [0.25, 0.3) is 22.3 Å². The van der Waals surface area contributed by atoms with Crippen molar-refractivity contribution in [3.05, 3.63) is 29.2 Å². The molecule has 3 rings (SSSR count). The number of nitrogen functional groups attached to an aromatic ring is 1. The van der Waals surface area contributed by atoms with E-state index in [-0.39, 0.29) is 0 Å². The molecule has 0 spiro atoms. The quantitative estimate of drug-likeness (QED) is 0.655. The van der Waals surface area contributed by atoms with Gasteiger partial charge in [-0.05, 0) is 12.1 Å². The van der Waals surface area contributed by atoms with Gasteiger partial charge in [0.15, 0.2) is 0 Å². The summed E-state index contributed by atoms with van der Waals surface area (Å²) in [5, 5.41) is 2.94. The van der Waals surface area contributed by atoms with E-state index in [2.05, 4.69) is 15.0 Å². The molecule has 3 aromatic rings. The number of thiazole rings is 1. The van der Waals surface area contributed by atoms with E-state index in [9.17, 15) is 0 Å². The van der Waals surface area contributed by atoms with Crippen LogP contribution in [0.15, 0.2) is 29.2 Å². The monoisotopic (exact) mass is 216 g/mol. The lowest BCUT2D eigenvalue weighted by atomic mass is 10.3. The summed E-state index contributed by atoms with van der Waals surface area (Å²) in [4.78, 5) is 11.5. The number of rotatable bonds is 1. The average Bonchev–Trinajstić information content (AvgIpc) is 2.86. The maximum absolute atomic E-state index is 5.77. The van der Waals surface area contributed by atoms with Gasteiger partial charge in [0.05, 0.1) is 22.4 Å². The fourth-order valence-corrected chi connectivity index (χ4v) is 2.11. The fourth-order valence-electron chi connectivity index (χ4n) is 1.56. The summed E-state index contributed by atoms with van der Waals surface area (Å²) in [6, 6.07) is 3.88. The maximum atomic E-state index is 5.77. The van der Waals surface area contributed by atoms with Crippen LogP contribution in [0.3, 0.4) is 0 Å². The van der Waals surface area contributed by atoms with Gasteiger partial charge in [0.25, 0.3) is 0 Å². The van der Waals surface area contributed by atoms with Crippen molar-refractivity contribution >= 4 is 28.1 Å². The van der Waals surface area contributed by atoms with Crippen LogP contribution < -0.4 is 5.73 Å². The van der Waals surface area contributed by atoms with Gasteiger partial charge in [0, 0.05) is 17.0 Å². The molecule has 0 fully saturated rings. The largest absolute Gasteiger partial charge is 0.383 e. The van der Waals surface area contributed by atoms with Gasteiger partial charge >= 0.3 is 0 Å². The predicted molar refractivity (Wildman–Crippen MR) is 61.6 cm³/mol. The van der Waals surface area contributed by atoms with Crippen molar-refractivity contribution in [1.82, 2.24) is 15.0 Å². The Balaban J connectivity index is 2.27. The van der Waals surface area contributed by atoms with Gasteiger partial charge in [-0.25, -0.2) is 9.97 Å². The lowest BCUT2D eigenvalue weighted by Crippen LogP contribution is -1.88. The van der Waals surface area contributed by atoms with E-state index in [0.29, 0.717) is 5.82 Å². The molecule has 5 heteroatoms. The Labute approximate surface area is 89.8 Å². The second-order valence-corrected chi connectivity index (χ2v) is 3.93. The van der Waals surface area contributed by atoms with Crippen molar-refractivity contribution in [2.24, 2.45) is 0 Å². The van der Waals surface area contributed by atoms with Crippen LogP contribution in [-0.2, 0) is 0 Å². The topological polar surface area (TPSA) is 67.6 Å². The van der Waals surface area contributed by atoms with Crippen LogP contribution in [0, 0.1) is 0 Å². The number of aromatic amines is 1. The van der Waals surface area contributed by atoms with E-state index < -0.39 is 0 Å². The molecule has 3 heterocycles. The summed E-state index contributed by atoms with van der Waals surface area (Å²) in [5.41, 5.74) is 10.5. The lowest BCUT2D eigenvalue weighted by molar-refractivity contribution is 1.34. The number of H-pyrrole nitrogens is 1. The molecule has 0 aliphatic heterocycles. The molecule has 0 aromatic carbocycles. The van der Waals surface area contributed by atoms with Gasteiger partial charge in [-0.2, -0.15) is 0 Å². The minimum Gasteiger partial charge on any atom is -0.383 e. The average molecular weight is 216 g/mol. The Kier molecular flexibility index (Phi) is 1.72. The van der Waals surface area contributed by atoms with Crippen LogP contribution in [0.5, 0.6) is 0 Å². The molecule has 15 heavy (non-hydrogen) atoms. The Morgan fingerprint density at radius 1 is 1.33 bits per heavy atom. The molecule has 0 amide bonds. The van der Waals surface area contributed by atoms with E-state index in [1.54, 1.807) is 17.5 Å². The van der Waals surface area contributed by atoms with Crippen molar-refractivity contribution in [1.29, 1.82) is 0 Å². The fraction of sp³-hybridized carbons (Fsp3) is 0. The normalized spacial score (nSPS) is 10.9. The number of pyridine rings is 1. The zero-order valence-electron chi connectivity index (χ0n) is 7.77. The molecule has 3 aromatic heterocycles. The first-order chi connectivity index (χ1) is 7.34. The Morgan fingerprint density at radius 2 is 2.27 bits per heavy atom. The molecule has 0 radical (unpaired) electrons. The third-order valence-corrected chi connectivity index (χ3v) is 2.87. The van der Waals surface area contributed by atoms with Crippen molar-refractivity contribution in [3.63, 3.8) is 0 Å². The van der Waals surface area contributed by atoms with Crippen LogP contribution in [0.2, 0.25) is 0 Å². The number of fused-ring (bicyclic) bond motifs is 1. The number of hydrogen-bond donors (Lipinski definition) is 2. The van der Waals surface area contributed by atoms with Crippen LogP contribution in [0.1, 0.15) is 0 Å². The summed E-state index contributed by atoms with van der Waals surface area (Å²) in [5.74, 6) is 0.547. The van der Waals surface area contributed by atoms with Gasteiger partial charge in [-0.15, -0.1) is 11.3 Å². The smallest absolute Gasteiger partial charge is 0.132 e. The highest BCUT2D eigenvalue weighted by Gasteiger charge is 2.06. The maximum Gasteiger partial charge on any atom is 0.132 e. The van der Waals surface area contributed by atoms with Crippen LogP contribution in [-0.4, -0.2) is 15.0 Å².